The lowest BCUT2D eigenvalue weighted by Crippen LogP contribution is -2.35. The third kappa shape index (κ3) is 2.60. The van der Waals surface area contributed by atoms with Crippen molar-refractivity contribution >= 4 is 5.91 Å². The fourth-order valence-corrected chi connectivity index (χ4v) is 4.22. The molecular weight excluding hydrogens is 336 g/mol. The van der Waals surface area contributed by atoms with Crippen LogP contribution in [0.25, 0.3) is 11.5 Å². The van der Waals surface area contributed by atoms with Crippen LogP contribution in [0.4, 0.5) is 0 Å². The molecule has 0 atom stereocenters. The fourth-order valence-electron chi connectivity index (χ4n) is 4.22. The van der Waals surface area contributed by atoms with Crippen LogP contribution in [0.5, 0.6) is 0 Å². The van der Waals surface area contributed by atoms with E-state index in [4.69, 9.17) is 5.10 Å². The lowest BCUT2D eigenvalue weighted by molar-refractivity contribution is -0.138. The maximum atomic E-state index is 12.7. The first kappa shape index (κ1) is 16.4. The zero-order valence-corrected chi connectivity index (χ0v) is 15.9. The van der Waals surface area contributed by atoms with Gasteiger partial charge in [-0.1, -0.05) is 24.1 Å². The van der Waals surface area contributed by atoms with Crippen LogP contribution in [-0.4, -0.2) is 25.2 Å². The van der Waals surface area contributed by atoms with E-state index in [0.29, 0.717) is 19.0 Å². The zero-order chi connectivity index (χ0) is 18.5. The predicted octanol–water partition coefficient (Wildman–Crippen LogP) is 3.92. The average Bonchev–Trinajstić information content (AvgIpc) is 3.28. The number of hydrogen-bond acceptors (Lipinski definition) is 2. The number of aromatic nitrogens is 3. The zero-order valence-electron chi connectivity index (χ0n) is 15.9. The molecule has 1 fully saturated rings. The number of aryl methyl sites for hydroxylation is 2. The molecule has 3 aromatic rings. The van der Waals surface area contributed by atoms with Crippen molar-refractivity contribution in [2.75, 3.05) is 0 Å². The van der Waals surface area contributed by atoms with Gasteiger partial charge in [-0.25, -0.2) is 4.68 Å². The van der Waals surface area contributed by atoms with E-state index in [1.807, 2.05) is 34.1 Å². The molecule has 0 N–H and O–H groups in total. The second-order valence-electron chi connectivity index (χ2n) is 7.86. The highest BCUT2D eigenvalue weighted by molar-refractivity contribution is 5.80. The highest BCUT2D eigenvalue weighted by Gasteiger charge is 2.36. The Hall–Kier alpha value is -2.82. The van der Waals surface area contributed by atoms with Gasteiger partial charge in [0.15, 0.2) is 0 Å². The maximum Gasteiger partial charge on any atom is 0.226 e. The maximum absolute atomic E-state index is 12.7. The van der Waals surface area contributed by atoms with Crippen molar-refractivity contribution in [3.05, 3.63) is 65.1 Å². The van der Waals surface area contributed by atoms with Gasteiger partial charge in [-0.2, -0.15) is 5.10 Å². The molecule has 1 saturated carbocycles. The summed E-state index contributed by atoms with van der Waals surface area (Å²) in [4.78, 5) is 14.7. The minimum absolute atomic E-state index is 0.232. The molecule has 1 aliphatic heterocycles. The normalized spacial score (nSPS) is 16.4. The van der Waals surface area contributed by atoms with Gasteiger partial charge in [-0.15, -0.1) is 0 Å². The summed E-state index contributed by atoms with van der Waals surface area (Å²) in [5.74, 6) is 1.58. The minimum Gasteiger partial charge on any atom is -0.332 e. The van der Waals surface area contributed by atoms with E-state index < -0.39 is 0 Å². The summed E-state index contributed by atoms with van der Waals surface area (Å²) in [5.41, 5.74) is 5.73. The molecule has 1 aromatic carbocycles. The first-order valence-electron chi connectivity index (χ1n) is 9.72. The van der Waals surface area contributed by atoms with Gasteiger partial charge in [-0.3, -0.25) is 4.79 Å². The predicted molar refractivity (Wildman–Crippen MR) is 104 cm³/mol. The number of rotatable bonds is 3. The standard InChI is InChI=1S/C22H24N4O/c1-15-8-9-20(16(2)12-15)26-21(24-10-3-4-11-24)18-13-25(14-19(18)23-26)22(27)17-6-5-7-17/h3-4,8-12,17H,5-7,13-14H2,1-2H3. The van der Waals surface area contributed by atoms with Crippen LogP contribution in [0.15, 0.2) is 42.7 Å². The summed E-state index contributed by atoms with van der Waals surface area (Å²) in [6.45, 7) is 5.51. The summed E-state index contributed by atoms with van der Waals surface area (Å²) in [5, 5.41) is 4.95. The first-order chi connectivity index (χ1) is 13.1. The number of hydrogen-bond donors (Lipinski definition) is 0. The Morgan fingerprint density at radius 2 is 1.89 bits per heavy atom. The van der Waals surface area contributed by atoms with E-state index in [9.17, 15) is 4.79 Å². The van der Waals surface area contributed by atoms with Crippen molar-refractivity contribution < 1.29 is 4.79 Å². The highest BCUT2D eigenvalue weighted by atomic mass is 16.2. The molecule has 0 spiro atoms. The van der Waals surface area contributed by atoms with Crippen LogP contribution in [0, 0.1) is 19.8 Å². The topological polar surface area (TPSA) is 43.1 Å². The second kappa shape index (κ2) is 6.12. The Kier molecular flexibility index (Phi) is 3.71. The molecule has 0 unspecified atom stereocenters. The molecule has 3 heterocycles. The SMILES string of the molecule is Cc1ccc(-n2nc3c(c2-n2cccc2)CN(C(=O)C2CCC2)C3)c(C)c1. The van der Waals surface area contributed by atoms with Gasteiger partial charge in [0, 0.05) is 23.9 Å². The summed E-state index contributed by atoms with van der Waals surface area (Å²) in [7, 11) is 0. The van der Waals surface area contributed by atoms with Gasteiger partial charge in [-0.05, 0) is 50.5 Å². The Morgan fingerprint density at radius 3 is 2.56 bits per heavy atom. The van der Waals surface area contributed by atoms with Crippen LogP contribution in [0.1, 0.15) is 41.6 Å². The number of amides is 1. The second-order valence-corrected chi connectivity index (χ2v) is 7.86. The molecule has 0 saturated heterocycles. The molecule has 0 radical (unpaired) electrons. The van der Waals surface area contributed by atoms with Crippen molar-refractivity contribution in [1.29, 1.82) is 0 Å². The Bertz CT molecular complexity index is 1010. The molecule has 1 aliphatic carbocycles. The van der Waals surface area contributed by atoms with E-state index in [1.54, 1.807) is 0 Å². The molecule has 0 bridgehead atoms. The molecule has 5 nitrogen and oxygen atoms in total. The van der Waals surface area contributed by atoms with Crippen molar-refractivity contribution in [2.45, 2.75) is 46.2 Å². The third-order valence-corrected chi connectivity index (χ3v) is 5.92. The monoisotopic (exact) mass is 360 g/mol. The molecule has 27 heavy (non-hydrogen) atoms. The molecule has 2 aromatic heterocycles. The van der Waals surface area contributed by atoms with Crippen LogP contribution >= 0.6 is 0 Å². The highest BCUT2D eigenvalue weighted by Crippen LogP contribution is 2.35. The van der Waals surface area contributed by atoms with E-state index in [0.717, 1.165) is 30.0 Å². The number of carbonyl (C=O) groups is 1. The largest absolute Gasteiger partial charge is 0.332 e. The van der Waals surface area contributed by atoms with Crippen LogP contribution in [0.3, 0.4) is 0 Å². The summed E-state index contributed by atoms with van der Waals surface area (Å²) in [6.07, 6.45) is 7.37. The van der Waals surface area contributed by atoms with Crippen LogP contribution in [-0.2, 0) is 17.9 Å². The Balaban J connectivity index is 1.58. The lowest BCUT2D eigenvalue weighted by atomic mass is 9.84. The Morgan fingerprint density at radius 1 is 1.11 bits per heavy atom. The van der Waals surface area contributed by atoms with Crippen molar-refractivity contribution in [2.24, 2.45) is 5.92 Å². The molecular formula is C22H24N4O. The quantitative estimate of drug-likeness (QED) is 0.710. The summed E-state index contributed by atoms with van der Waals surface area (Å²) < 4.78 is 4.16. The molecule has 2 aliphatic rings. The Labute approximate surface area is 159 Å². The van der Waals surface area contributed by atoms with Crippen molar-refractivity contribution in [3.63, 3.8) is 0 Å². The van der Waals surface area contributed by atoms with Gasteiger partial charge in [0.1, 0.15) is 5.82 Å². The van der Waals surface area contributed by atoms with E-state index in [1.165, 1.54) is 23.1 Å². The van der Waals surface area contributed by atoms with Gasteiger partial charge < -0.3 is 9.47 Å². The average molecular weight is 360 g/mol. The van der Waals surface area contributed by atoms with E-state index >= 15 is 0 Å². The number of fused-ring (bicyclic) bond motifs is 1. The molecule has 138 valence electrons. The number of benzene rings is 1. The summed E-state index contributed by atoms with van der Waals surface area (Å²) >= 11 is 0. The van der Waals surface area contributed by atoms with Crippen LogP contribution in [0.2, 0.25) is 0 Å². The van der Waals surface area contributed by atoms with Gasteiger partial charge in [0.25, 0.3) is 0 Å². The summed E-state index contributed by atoms with van der Waals surface area (Å²) in [6, 6.07) is 10.5. The van der Waals surface area contributed by atoms with Crippen molar-refractivity contribution in [3.8, 4) is 11.5 Å². The fraction of sp³-hybridized carbons (Fsp3) is 0.364. The van der Waals surface area contributed by atoms with Crippen molar-refractivity contribution in [1.82, 2.24) is 19.2 Å². The van der Waals surface area contributed by atoms with Gasteiger partial charge in [0.2, 0.25) is 5.91 Å². The first-order valence-corrected chi connectivity index (χ1v) is 9.72. The smallest absolute Gasteiger partial charge is 0.226 e. The molecule has 5 rings (SSSR count). The lowest BCUT2D eigenvalue weighted by Gasteiger charge is -2.29. The number of nitrogens with zero attached hydrogens (tertiary/aromatic N) is 4. The van der Waals surface area contributed by atoms with Crippen LogP contribution < -0.4 is 0 Å². The molecule has 1 amide bonds. The number of carbonyl (C=O) groups excluding carboxylic acids is 1. The molecule has 5 heteroatoms. The third-order valence-electron chi connectivity index (χ3n) is 5.92. The van der Waals surface area contributed by atoms with E-state index in [-0.39, 0.29) is 5.92 Å². The van der Waals surface area contributed by atoms with Gasteiger partial charge >= 0.3 is 0 Å². The van der Waals surface area contributed by atoms with E-state index in [2.05, 4.69) is 36.6 Å². The minimum atomic E-state index is 0.232. The van der Waals surface area contributed by atoms with Gasteiger partial charge in [0.05, 0.1) is 24.5 Å².